The molecule has 182 valence electrons. The van der Waals surface area contributed by atoms with Crippen molar-refractivity contribution < 1.29 is 19.1 Å². The number of carbonyl (C=O) groups is 3. The SMILES string of the molecule is CCNC(=NCc1ccc(C(=O)N2CCNC(=O)C2)cc1)N1CCCC(C(=O)OCC)C1.I. The maximum atomic E-state index is 12.6. The number of likely N-dealkylation sites (tertiary alicyclic amines) is 1. The van der Waals surface area contributed by atoms with E-state index in [-0.39, 0.29) is 54.2 Å². The third-order valence-corrected chi connectivity index (χ3v) is 5.61. The molecule has 3 rings (SSSR count). The van der Waals surface area contributed by atoms with Crippen molar-refractivity contribution in [3.63, 3.8) is 0 Å². The van der Waals surface area contributed by atoms with Crippen molar-refractivity contribution in [1.29, 1.82) is 0 Å². The largest absolute Gasteiger partial charge is 0.466 e. The summed E-state index contributed by atoms with van der Waals surface area (Å²) >= 11 is 0. The Labute approximate surface area is 212 Å². The molecule has 2 saturated heterocycles. The zero-order valence-corrected chi connectivity index (χ0v) is 21.7. The van der Waals surface area contributed by atoms with E-state index in [1.165, 1.54) is 0 Å². The molecule has 2 N–H and O–H groups in total. The molecule has 2 aliphatic rings. The lowest BCUT2D eigenvalue weighted by molar-refractivity contribution is -0.149. The van der Waals surface area contributed by atoms with Gasteiger partial charge in [0.2, 0.25) is 5.91 Å². The van der Waals surface area contributed by atoms with E-state index in [1.807, 2.05) is 26.0 Å². The number of carbonyl (C=O) groups excluding carboxylic acids is 3. The van der Waals surface area contributed by atoms with Gasteiger partial charge in [0, 0.05) is 38.3 Å². The second-order valence-corrected chi connectivity index (χ2v) is 7.98. The normalized spacial score (nSPS) is 18.8. The Hall–Kier alpha value is -2.37. The van der Waals surface area contributed by atoms with Crippen molar-refractivity contribution in [2.75, 3.05) is 45.9 Å². The molecule has 0 aliphatic carbocycles. The van der Waals surface area contributed by atoms with Crippen LogP contribution < -0.4 is 10.6 Å². The van der Waals surface area contributed by atoms with Crippen molar-refractivity contribution in [1.82, 2.24) is 20.4 Å². The predicted octanol–water partition coefficient (Wildman–Crippen LogP) is 1.62. The minimum Gasteiger partial charge on any atom is -0.466 e. The Kier molecular flexibility index (Phi) is 10.9. The van der Waals surface area contributed by atoms with Crippen molar-refractivity contribution in [2.24, 2.45) is 10.9 Å². The van der Waals surface area contributed by atoms with Gasteiger partial charge >= 0.3 is 5.97 Å². The Balaban J connectivity index is 0.00000385. The van der Waals surface area contributed by atoms with Crippen LogP contribution in [0.15, 0.2) is 29.3 Å². The number of hydrogen-bond acceptors (Lipinski definition) is 5. The molecule has 0 saturated carbocycles. The van der Waals surface area contributed by atoms with Gasteiger partial charge in [-0.3, -0.25) is 14.4 Å². The van der Waals surface area contributed by atoms with Crippen LogP contribution in [0.2, 0.25) is 0 Å². The maximum Gasteiger partial charge on any atom is 0.310 e. The van der Waals surface area contributed by atoms with Gasteiger partial charge in [0.05, 0.1) is 25.6 Å². The van der Waals surface area contributed by atoms with E-state index in [4.69, 9.17) is 9.73 Å². The van der Waals surface area contributed by atoms with Gasteiger partial charge in [-0.2, -0.15) is 0 Å². The molecular formula is C23H34IN5O4. The number of ether oxygens (including phenoxy) is 1. The molecule has 10 heteroatoms. The first-order valence-corrected chi connectivity index (χ1v) is 11.4. The number of rotatable bonds is 6. The Bertz CT molecular complexity index is 846. The molecular weight excluding hydrogens is 537 g/mol. The molecule has 2 heterocycles. The van der Waals surface area contributed by atoms with Gasteiger partial charge in [-0.25, -0.2) is 4.99 Å². The summed E-state index contributed by atoms with van der Waals surface area (Å²) in [5, 5.41) is 6.04. The van der Waals surface area contributed by atoms with Crippen LogP contribution in [-0.2, 0) is 20.9 Å². The summed E-state index contributed by atoms with van der Waals surface area (Å²) in [7, 11) is 0. The summed E-state index contributed by atoms with van der Waals surface area (Å²) in [6.45, 7) is 7.98. The average molecular weight is 571 g/mol. The minimum absolute atomic E-state index is 0. The van der Waals surface area contributed by atoms with Gasteiger partial charge in [0.1, 0.15) is 0 Å². The molecule has 0 radical (unpaired) electrons. The average Bonchev–Trinajstić information content (AvgIpc) is 2.82. The quantitative estimate of drug-likeness (QED) is 0.233. The highest BCUT2D eigenvalue weighted by Crippen LogP contribution is 2.18. The number of guanidine groups is 1. The molecule has 0 aromatic heterocycles. The molecule has 9 nitrogen and oxygen atoms in total. The van der Waals surface area contributed by atoms with Gasteiger partial charge in [0.15, 0.2) is 5.96 Å². The van der Waals surface area contributed by atoms with Crippen LogP contribution in [0.25, 0.3) is 0 Å². The molecule has 2 fully saturated rings. The number of piperidine rings is 1. The molecule has 0 spiro atoms. The van der Waals surface area contributed by atoms with Crippen LogP contribution in [0.5, 0.6) is 0 Å². The van der Waals surface area contributed by atoms with E-state index in [2.05, 4.69) is 15.5 Å². The standard InChI is InChI=1S/C23H33N5O4.HI/c1-3-24-23(28-12-5-6-19(15-28)22(31)32-4-2)26-14-17-7-9-18(10-8-17)21(30)27-13-11-25-20(29)16-27;/h7-10,19H,3-6,11-16H2,1-2H3,(H,24,26)(H,25,29);1H. The number of benzene rings is 1. The van der Waals surface area contributed by atoms with Crippen LogP contribution in [0.3, 0.4) is 0 Å². The van der Waals surface area contributed by atoms with Gasteiger partial charge in [-0.15, -0.1) is 24.0 Å². The van der Waals surface area contributed by atoms with Crippen LogP contribution in [0.4, 0.5) is 0 Å². The zero-order chi connectivity index (χ0) is 22.9. The predicted molar refractivity (Wildman–Crippen MR) is 137 cm³/mol. The highest BCUT2D eigenvalue weighted by molar-refractivity contribution is 14.0. The molecule has 0 bridgehead atoms. The van der Waals surface area contributed by atoms with E-state index in [1.54, 1.807) is 17.0 Å². The van der Waals surface area contributed by atoms with Crippen LogP contribution in [-0.4, -0.2) is 79.4 Å². The molecule has 1 aromatic rings. The zero-order valence-electron chi connectivity index (χ0n) is 19.3. The number of nitrogens with one attached hydrogen (secondary N) is 2. The van der Waals surface area contributed by atoms with Crippen LogP contribution in [0, 0.1) is 5.92 Å². The Morgan fingerprint density at radius 1 is 1.18 bits per heavy atom. The smallest absolute Gasteiger partial charge is 0.310 e. The first-order chi connectivity index (χ1) is 15.5. The van der Waals surface area contributed by atoms with Crippen molar-refractivity contribution in [2.45, 2.75) is 33.2 Å². The first kappa shape index (κ1) is 26.9. The summed E-state index contributed by atoms with van der Waals surface area (Å²) in [6, 6.07) is 7.35. The summed E-state index contributed by atoms with van der Waals surface area (Å²) in [5.74, 6) is 0.242. The minimum atomic E-state index is -0.139. The van der Waals surface area contributed by atoms with Gasteiger partial charge in [0.25, 0.3) is 5.91 Å². The molecule has 2 amide bonds. The fraction of sp³-hybridized carbons (Fsp3) is 0.565. The van der Waals surface area contributed by atoms with E-state index >= 15 is 0 Å². The van der Waals surface area contributed by atoms with E-state index in [0.29, 0.717) is 38.3 Å². The maximum absolute atomic E-state index is 12.6. The molecule has 33 heavy (non-hydrogen) atoms. The fourth-order valence-electron chi connectivity index (χ4n) is 3.96. The first-order valence-electron chi connectivity index (χ1n) is 11.4. The highest BCUT2D eigenvalue weighted by Gasteiger charge is 2.28. The van der Waals surface area contributed by atoms with Crippen molar-refractivity contribution in [3.8, 4) is 0 Å². The lowest BCUT2D eigenvalue weighted by Gasteiger charge is -2.34. The monoisotopic (exact) mass is 571 g/mol. The summed E-state index contributed by atoms with van der Waals surface area (Å²) in [5.41, 5.74) is 1.54. The number of piperazine rings is 1. The fourth-order valence-corrected chi connectivity index (χ4v) is 3.96. The number of nitrogens with zero attached hydrogens (tertiary/aromatic N) is 3. The van der Waals surface area contributed by atoms with Crippen molar-refractivity contribution >= 4 is 47.7 Å². The topological polar surface area (TPSA) is 103 Å². The summed E-state index contributed by atoms with van der Waals surface area (Å²) in [6.07, 6.45) is 1.75. The number of halogens is 1. The van der Waals surface area contributed by atoms with Crippen LogP contribution >= 0.6 is 24.0 Å². The summed E-state index contributed by atoms with van der Waals surface area (Å²) < 4.78 is 5.20. The highest BCUT2D eigenvalue weighted by atomic mass is 127. The molecule has 1 atom stereocenters. The molecule has 1 unspecified atom stereocenters. The molecule has 1 aromatic carbocycles. The van der Waals surface area contributed by atoms with Crippen molar-refractivity contribution in [3.05, 3.63) is 35.4 Å². The number of hydrogen-bond donors (Lipinski definition) is 2. The lowest BCUT2D eigenvalue weighted by atomic mass is 9.98. The van der Waals surface area contributed by atoms with Crippen LogP contribution in [0.1, 0.15) is 42.6 Å². The number of esters is 1. The second kappa shape index (κ2) is 13.4. The number of aliphatic imine (C=N–C) groups is 1. The summed E-state index contributed by atoms with van der Waals surface area (Å²) in [4.78, 5) is 44.7. The number of amides is 2. The Morgan fingerprint density at radius 2 is 1.94 bits per heavy atom. The molecule has 2 aliphatic heterocycles. The lowest BCUT2D eigenvalue weighted by Crippen LogP contribution is -2.49. The third kappa shape index (κ3) is 7.58. The van der Waals surface area contributed by atoms with E-state index in [0.717, 1.165) is 37.5 Å². The van der Waals surface area contributed by atoms with Gasteiger partial charge in [-0.1, -0.05) is 12.1 Å². The van der Waals surface area contributed by atoms with Gasteiger partial charge in [-0.05, 0) is 44.4 Å². The van der Waals surface area contributed by atoms with Gasteiger partial charge < -0.3 is 25.2 Å². The third-order valence-electron chi connectivity index (χ3n) is 5.61. The van der Waals surface area contributed by atoms with E-state index < -0.39 is 0 Å². The second-order valence-electron chi connectivity index (χ2n) is 7.98. The Morgan fingerprint density at radius 3 is 2.61 bits per heavy atom. The van der Waals surface area contributed by atoms with E-state index in [9.17, 15) is 14.4 Å².